The van der Waals surface area contributed by atoms with Crippen LogP contribution in [0.4, 0.5) is 0 Å². The Bertz CT molecular complexity index is 411. The van der Waals surface area contributed by atoms with Crippen molar-refractivity contribution in [1.29, 1.82) is 0 Å². The number of carbonyl (C=O) groups excluding carboxylic acids is 1. The SMILES string of the molecule is CON(C)C(=O)c1csc(C2CCCCCCC2)n1. The van der Waals surface area contributed by atoms with E-state index in [1.807, 2.05) is 5.38 Å². The highest BCUT2D eigenvalue weighted by Crippen LogP contribution is 2.32. The summed E-state index contributed by atoms with van der Waals surface area (Å²) in [4.78, 5) is 21.4. The molecule has 1 fully saturated rings. The first kappa shape index (κ1) is 14.5. The molecule has 1 aromatic rings. The Morgan fingerprint density at radius 2 is 1.95 bits per heavy atom. The predicted molar refractivity (Wildman–Crippen MR) is 76.3 cm³/mol. The molecule has 1 amide bonds. The van der Waals surface area contributed by atoms with Gasteiger partial charge in [0.25, 0.3) is 5.91 Å². The minimum Gasteiger partial charge on any atom is -0.274 e. The molecule has 4 nitrogen and oxygen atoms in total. The van der Waals surface area contributed by atoms with Gasteiger partial charge < -0.3 is 0 Å². The molecule has 0 radical (unpaired) electrons. The number of rotatable bonds is 3. The molecule has 19 heavy (non-hydrogen) atoms. The van der Waals surface area contributed by atoms with E-state index in [1.165, 1.54) is 57.1 Å². The highest BCUT2D eigenvalue weighted by atomic mass is 32.1. The lowest BCUT2D eigenvalue weighted by Crippen LogP contribution is -2.25. The molecule has 0 unspecified atom stereocenters. The lowest BCUT2D eigenvalue weighted by molar-refractivity contribution is -0.0760. The van der Waals surface area contributed by atoms with Crippen molar-refractivity contribution in [3.05, 3.63) is 16.1 Å². The topological polar surface area (TPSA) is 42.4 Å². The molecule has 5 heteroatoms. The number of carbonyl (C=O) groups is 1. The van der Waals surface area contributed by atoms with Crippen LogP contribution in [0.15, 0.2) is 5.38 Å². The Hall–Kier alpha value is -0.940. The highest BCUT2D eigenvalue weighted by Gasteiger charge is 2.20. The Labute approximate surface area is 118 Å². The number of amides is 1. The lowest BCUT2D eigenvalue weighted by atomic mass is 9.92. The number of hydrogen-bond donors (Lipinski definition) is 0. The molecule has 0 saturated heterocycles. The van der Waals surface area contributed by atoms with Crippen LogP contribution in [0.3, 0.4) is 0 Å². The summed E-state index contributed by atoms with van der Waals surface area (Å²) in [6, 6.07) is 0. The van der Waals surface area contributed by atoms with Crippen molar-refractivity contribution in [3.63, 3.8) is 0 Å². The molecule has 0 bridgehead atoms. The molecule has 0 N–H and O–H groups in total. The van der Waals surface area contributed by atoms with Crippen LogP contribution in [0.2, 0.25) is 0 Å². The van der Waals surface area contributed by atoms with Gasteiger partial charge in [-0.05, 0) is 12.8 Å². The van der Waals surface area contributed by atoms with Crippen LogP contribution >= 0.6 is 11.3 Å². The second-order valence-corrected chi connectivity index (χ2v) is 5.99. The van der Waals surface area contributed by atoms with Crippen LogP contribution in [0.25, 0.3) is 0 Å². The molecule has 1 aromatic heterocycles. The van der Waals surface area contributed by atoms with Gasteiger partial charge >= 0.3 is 0 Å². The Morgan fingerprint density at radius 1 is 1.32 bits per heavy atom. The summed E-state index contributed by atoms with van der Waals surface area (Å²) in [5.41, 5.74) is 0.506. The molecule has 0 aliphatic heterocycles. The largest absolute Gasteiger partial charge is 0.296 e. The maximum Gasteiger partial charge on any atom is 0.296 e. The van der Waals surface area contributed by atoms with Gasteiger partial charge in [0.1, 0.15) is 5.69 Å². The van der Waals surface area contributed by atoms with Gasteiger partial charge in [-0.3, -0.25) is 9.63 Å². The van der Waals surface area contributed by atoms with E-state index < -0.39 is 0 Å². The van der Waals surface area contributed by atoms with Gasteiger partial charge in [0.05, 0.1) is 12.1 Å². The molecule has 1 aliphatic carbocycles. The van der Waals surface area contributed by atoms with Crippen molar-refractivity contribution < 1.29 is 9.63 Å². The van der Waals surface area contributed by atoms with Gasteiger partial charge in [-0.15, -0.1) is 11.3 Å². The van der Waals surface area contributed by atoms with Crippen LogP contribution in [0.5, 0.6) is 0 Å². The van der Waals surface area contributed by atoms with Gasteiger partial charge in [-0.1, -0.05) is 32.1 Å². The number of aromatic nitrogens is 1. The smallest absolute Gasteiger partial charge is 0.274 e. The fourth-order valence-corrected chi connectivity index (χ4v) is 3.49. The predicted octanol–water partition coefficient (Wildman–Crippen LogP) is 3.60. The Kier molecular flexibility index (Phi) is 5.34. The van der Waals surface area contributed by atoms with Crippen LogP contribution in [-0.2, 0) is 4.84 Å². The summed E-state index contributed by atoms with van der Waals surface area (Å²) in [7, 11) is 3.09. The molecule has 0 atom stereocenters. The monoisotopic (exact) mass is 282 g/mol. The fourth-order valence-electron chi connectivity index (χ4n) is 2.52. The minimum atomic E-state index is -0.171. The third kappa shape index (κ3) is 3.76. The molecule has 0 spiro atoms. The summed E-state index contributed by atoms with van der Waals surface area (Å²) >= 11 is 1.61. The maximum atomic E-state index is 11.9. The standard InChI is InChI=1S/C14H22N2O2S/c1-16(18-2)14(17)12-10-19-13(15-12)11-8-6-4-3-5-7-9-11/h10-11H,3-9H2,1-2H3. The lowest BCUT2D eigenvalue weighted by Gasteiger charge is -2.17. The Balaban J connectivity index is 2.04. The number of hydroxylamine groups is 2. The zero-order valence-corrected chi connectivity index (χ0v) is 12.5. The van der Waals surface area contributed by atoms with Crippen molar-refractivity contribution in [2.24, 2.45) is 0 Å². The summed E-state index contributed by atoms with van der Waals surface area (Å²) in [5, 5.41) is 4.19. The average molecular weight is 282 g/mol. The molecule has 2 rings (SSSR count). The van der Waals surface area contributed by atoms with Crippen molar-refractivity contribution in [1.82, 2.24) is 10.0 Å². The van der Waals surface area contributed by atoms with Gasteiger partial charge in [0.2, 0.25) is 0 Å². The molecule has 1 aliphatic rings. The highest BCUT2D eigenvalue weighted by molar-refractivity contribution is 7.09. The second-order valence-electron chi connectivity index (χ2n) is 5.10. The van der Waals surface area contributed by atoms with Gasteiger partial charge in [-0.25, -0.2) is 10.0 Å². The zero-order chi connectivity index (χ0) is 13.7. The Morgan fingerprint density at radius 3 is 2.58 bits per heavy atom. The fraction of sp³-hybridized carbons (Fsp3) is 0.714. The first-order valence-electron chi connectivity index (χ1n) is 7.00. The number of nitrogens with zero attached hydrogens (tertiary/aromatic N) is 2. The maximum absolute atomic E-state index is 11.9. The number of thiazole rings is 1. The first-order valence-corrected chi connectivity index (χ1v) is 7.88. The summed E-state index contributed by atoms with van der Waals surface area (Å²) in [5.74, 6) is 0.371. The molecule has 0 aromatic carbocycles. The van der Waals surface area contributed by atoms with Crippen LogP contribution in [0.1, 0.15) is 66.4 Å². The van der Waals surface area contributed by atoms with Gasteiger partial charge in [0, 0.05) is 18.3 Å². The summed E-state index contributed by atoms with van der Waals surface area (Å²) in [6.45, 7) is 0. The minimum absolute atomic E-state index is 0.171. The first-order chi connectivity index (χ1) is 9.22. The van der Waals surface area contributed by atoms with E-state index in [4.69, 9.17) is 4.84 Å². The quantitative estimate of drug-likeness (QED) is 0.795. The van der Waals surface area contributed by atoms with Crippen molar-refractivity contribution in [2.75, 3.05) is 14.2 Å². The normalized spacial score (nSPS) is 17.8. The molecular weight excluding hydrogens is 260 g/mol. The van der Waals surface area contributed by atoms with Crippen LogP contribution in [-0.4, -0.2) is 30.1 Å². The second kappa shape index (κ2) is 7.01. The van der Waals surface area contributed by atoms with E-state index in [9.17, 15) is 4.79 Å². The van der Waals surface area contributed by atoms with E-state index >= 15 is 0 Å². The van der Waals surface area contributed by atoms with E-state index in [0.29, 0.717) is 11.6 Å². The van der Waals surface area contributed by atoms with Gasteiger partial charge in [-0.2, -0.15) is 0 Å². The third-order valence-electron chi connectivity index (χ3n) is 3.76. The van der Waals surface area contributed by atoms with E-state index in [0.717, 1.165) is 5.01 Å². The molecule has 106 valence electrons. The van der Waals surface area contributed by atoms with E-state index in [1.54, 1.807) is 18.4 Å². The van der Waals surface area contributed by atoms with Crippen molar-refractivity contribution in [2.45, 2.75) is 50.9 Å². The van der Waals surface area contributed by atoms with Gasteiger partial charge in [0.15, 0.2) is 0 Å². The van der Waals surface area contributed by atoms with E-state index in [2.05, 4.69) is 4.98 Å². The summed E-state index contributed by atoms with van der Waals surface area (Å²) in [6.07, 6.45) is 9.02. The van der Waals surface area contributed by atoms with Crippen LogP contribution in [0, 0.1) is 0 Å². The summed E-state index contributed by atoms with van der Waals surface area (Å²) < 4.78 is 0. The van der Waals surface area contributed by atoms with Crippen molar-refractivity contribution in [3.8, 4) is 0 Å². The molecular formula is C14H22N2O2S. The van der Waals surface area contributed by atoms with E-state index in [-0.39, 0.29) is 5.91 Å². The molecule has 1 heterocycles. The third-order valence-corrected chi connectivity index (χ3v) is 4.76. The zero-order valence-electron chi connectivity index (χ0n) is 11.7. The van der Waals surface area contributed by atoms with Crippen LogP contribution < -0.4 is 0 Å². The molecule has 1 saturated carbocycles. The average Bonchev–Trinajstić information content (AvgIpc) is 2.86. The number of hydrogen-bond acceptors (Lipinski definition) is 4. The van der Waals surface area contributed by atoms with Crippen molar-refractivity contribution >= 4 is 17.2 Å².